The number of hydrogen-bond acceptors (Lipinski definition) is 2. The number of halogens is 1. The summed E-state index contributed by atoms with van der Waals surface area (Å²) >= 11 is 6.19. The van der Waals surface area contributed by atoms with Crippen LogP contribution in [0.2, 0.25) is 5.02 Å². The molecule has 0 saturated heterocycles. The van der Waals surface area contributed by atoms with E-state index in [4.69, 9.17) is 11.6 Å². The van der Waals surface area contributed by atoms with E-state index >= 15 is 0 Å². The van der Waals surface area contributed by atoms with Crippen LogP contribution in [0.1, 0.15) is 36.4 Å². The third-order valence-electron chi connectivity index (χ3n) is 4.00. The first-order chi connectivity index (χ1) is 10.2. The lowest BCUT2D eigenvalue weighted by Crippen LogP contribution is -2.28. The third-order valence-corrected chi connectivity index (χ3v) is 4.34. The molecule has 1 N–H and O–H groups in total. The molecule has 1 amide bonds. The summed E-state index contributed by atoms with van der Waals surface area (Å²) < 4.78 is 0. The van der Waals surface area contributed by atoms with Gasteiger partial charge in [-0.3, -0.25) is 9.78 Å². The van der Waals surface area contributed by atoms with Gasteiger partial charge in [0.15, 0.2) is 0 Å². The monoisotopic (exact) mass is 300 g/mol. The van der Waals surface area contributed by atoms with Gasteiger partial charge >= 0.3 is 0 Å². The van der Waals surface area contributed by atoms with Crippen molar-refractivity contribution in [1.29, 1.82) is 0 Å². The van der Waals surface area contributed by atoms with Gasteiger partial charge in [-0.1, -0.05) is 29.8 Å². The van der Waals surface area contributed by atoms with Gasteiger partial charge in [0.05, 0.1) is 6.04 Å². The molecule has 4 heteroatoms. The molecule has 1 aromatic heterocycles. The van der Waals surface area contributed by atoms with Gasteiger partial charge < -0.3 is 5.32 Å². The van der Waals surface area contributed by atoms with Crippen LogP contribution in [0.15, 0.2) is 48.8 Å². The van der Waals surface area contributed by atoms with Crippen LogP contribution in [0.25, 0.3) is 0 Å². The minimum absolute atomic E-state index is 0.00649. The summed E-state index contributed by atoms with van der Waals surface area (Å²) in [6.07, 6.45) is 4.35. The maximum absolute atomic E-state index is 12.3. The van der Waals surface area contributed by atoms with Crippen molar-refractivity contribution in [1.82, 2.24) is 10.3 Å². The molecule has 0 aliphatic heterocycles. The molecule has 1 saturated carbocycles. The summed E-state index contributed by atoms with van der Waals surface area (Å²) in [5.74, 6) is 0.391. The van der Waals surface area contributed by atoms with Gasteiger partial charge in [0.1, 0.15) is 0 Å². The number of nitrogens with one attached hydrogen (secondary N) is 1. The van der Waals surface area contributed by atoms with E-state index in [1.54, 1.807) is 12.4 Å². The van der Waals surface area contributed by atoms with Crippen molar-refractivity contribution < 1.29 is 4.79 Å². The quantitative estimate of drug-likeness (QED) is 0.935. The molecule has 1 heterocycles. The van der Waals surface area contributed by atoms with Crippen molar-refractivity contribution in [3.8, 4) is 0 Å². The predicted molar refractivity (Wildman–Crippen MR) is 83.1 cm³/mol. The molecule has 1 aromatic carbocycles. The summed E-state index contributed by atoms with van der Waals surface area (Å²) in [4.78, 5) is 16.3. The van der Waals surface area contributed by atoms with Crippen LogP contribution >= 0.6 is 11.6 Å². The Morgan fingerprint density at radius 2 is 2.00 bits per heavy atom. The zero-order valence-electron chi connectivity index (χ0n) is 11.8. The van der Waals surface area contributed by atoms with Crippen molar-refractivity contribution in [2.45, 2.75) is 25.3 Å². The fourth-order valence-corrected chi connectivity index (χ4v) is 2.94. The van der Waals surface area contributed by atoms with Crippen LogP contribution in [-0.4, -0.2) is 10.9 Å². The Bertz CT molecular complexity index is 644. The van der Waals surface area contributed by atoms with E-state index in [1.807, 2.05) is 43.3 Å². The highest BCUT2D eigenvalue weighted by molar-refractivity contribution is 6.31. The van der Waals surface area contributed by atoms with Crippen LogP contribution in [-0.2, 0) is 4.79 Å². The summed E-state index contributed by atoms with van der Waals surface area (Å²) in [6.45, 7) is 1.99. The number of nitrogens with zero attached hydrogens (tertiary/aromatic N) is 1. The Kier molecular flexibility index (Phi) is 3.93. The average molecular weight is 301 g/mol. The molecule has 1 fully saturated rings. The fourth-order valence-electron chi connectivity index (χ4n) is 2.66. The van der Waals surface area contributed by atoms with Crippen LogP contribution in [0.4, 0.5) is 0 Å². The molecule has 0 spiro atoms. The van der Waals surface area contributed by atoms with Crippen LogP contribution in [0.5, 0.6) is 0 Å². The molecule has 1 aliphatic rings. The summed E-state index contributed by atoms with van der Waals surface area (Å²) in [7, 11) is 0. The SMILES string of the molecule is CC(NC(=O)C1CC1c1ccccc1Cl)c1ccncc1. The van der Waals surface area contributed by atoms with Gasteiger partial charge in [0.25, 0.3) is 0 Å². The summed E-state index contributed by atoms with van der Waals surface area (Å²) in [5.41, 5.74) is 2.14. The van der Waals surface area contributed by atoms with Crippen LogP contribution < -0.4 is 5.32 Å². The minimum Gasteiger partial charge on any atom is -0.349 e. The zero-order chi connectivity index (χ0) is 14.8. The number of aromatic nitrogens is 1. The van der Waals surface area contributed by atoms with Crippen LogP contribution in [0.3, 0.4) is 0 Å². The molecule has 3 rings (SSSR count). The molecule has 2 aromatic rings. The van der Waals surface area contributed by atoms with Gasteiger partial charge in [0.2, 0.25) is 5.91 Å². The second-order valence-corrected chi connectivity index (χ2v) is 5.89. The Labute approximate surface area is 129 Å². The first-order valence-electron chi connectivity index (χ1n) is 7.11. The van der Waals surface area contributed by atoms with Crippen molar-refractivity contribution in [2.75, 3.05) is 0 Å². The van der Waals surface area contributed by atoms with E-state index in [2.05, 4.69) is 10.3 Å². The summed E-state index contributed by atoms with van der Waals surface area (Å²) in [6, 6.07) is 11.6. The molecule has 0 radical (unpaired) electrons. The lowest BCUT2D eigenvalue weighted by molar-refractivity contribution is -0.123. The van der Waals surface area contributed by atoms with Crippen molar-refractivity contribution in [3.05, 3.63) is 64.9 Å². The second-order valence-electron chi connectivity index (χ2n) is 5.48. The first-order valence-corrected chi connectivity index (χ1v) is 7.49. The van der Waals surface area contributed by atoms with Gasteiger partial charge in [0, 0.05) is 23.3 Å². The Morgan fingerprint density at radius 3 is 2.71 bits per heavy atom. The first kappa shape index (κ1) is 14.1. The standard InChI is InChI=1S/C17H17ClN2O/c1-11(12-6-8-19-9-7-12)20-17(21)15-10-14(15)13-4-2-3-5-16(13)18/h2-9,11,14-15H,10H2,1H3,(H,20,21). The minimum atomic E-state index is -0.00649. The third kappa shape index (κ3) is 3.08. The normalized spacial score (nSPS) is 21.6. The Hall–Kier alpha value is -1.87. The van der Waals surface area contributed by atoms with Gasteiger partial charge in [-0.05, 0) is 48.6 Å². The number of carbonyl (C=O) groups is 1. The number of amides is 1. The van der Waals surface area contributed by atoms with Crippen molar-refractivity contribution >= 4 is 17.5 Å². The number of pyridine rings is 1. The van der Waals surface area contributed by atoms with E-state index in [1.165, 1.54) is 0 Å². The highest BCUT2D eigenvalue weighted by Crippen LogP contribution is 2.49. The summed E-state index contributed by atoms with van der Waals surface area (Å²) in [5, 5.41) is 3.82. The van der Waals surface area contributed by atoms with E-state index in [-0.39, 0.29) is 23.8 Å². The zero-order valence-corrected chi connectivity index (χ0v) is 12.5. The maximum atomic E-state index is 12.3. The molecule has 3 atom stereocenters. The molecular formula is C17H17ClN2O. The number of rotatable bonds is 4. The fraction of sp³-hybridized carbons (Fsp3) is 0.294. The maximum Gasteiger partial charge on any atom is 0.224 e. The van der Waals surface area contributed by atoms with Crippen LogP contribution in [0, 0.1) is 5.92 Å². The van der Waals surface area contributed by atoms with E-state index in [0.717, 1.165) is 22.6 Å². The highest BCUT2D eigenvalue weighted by atomic mass is 35.5. The van der Waals surface area contributed by atoms with E-state index in [0.29, 0.717) is 0 Å². The van der Waals surface area contributed by atoms with Gasteiger partial charge in [-0.15, -0.1) is 0 Å². The average Bonchev–Trinajstić information content (AvgIpc) is 3.29. The number of carbonyl (C=O) groups excluding carboxylic acids is 1. The molecular weight excluding hydrogens is 284 g/mol. The smallest absolute Gasteiger partial charge is 0.224 e. The highest BCUT2D eigenvalue weighted by Gasteiger charge is 2.45. The van der Waals surface area contributed by atoms with E-state index < -0.39 is 0 Å². The van der Waals surface area contributed by atoms with Crippen molar-refractivity contribution in [3.63, 3.8) is 0 Å². The largest absolute Gasteiger partial charge is 0.349 e. The van der Waals surface area contributed by atoms with Gasteiger partial charge in [-0.2, -0.15) is 0 Å². The van der Waals surface area contributed by atoms with E-state index in [9.17, 15) is 4.79 Å². The molecule has 3 nitrogen and oxygen atoms in total. The Morgan fingerprint density at radius 1 is 1.29 bits per heavy atom. The molecule has 21 heavy (non-hydrogen) atoms. The predicted octanol–water partition coefficient (Wildman–Crippen LogP) is 3.72. The topological polar surface area (TPSA) is 42.0 Å². The lowest BCUT2D eigenvalue weighted by atomic mass is 10.1. The van der Waals surface area contributed by atoms with Crippen molar-refractivity contribution in [2.24, 2.45) is 5.92 Å². The molecule has 0 bridgehead atoms. The van der Waals surface area contributed by atoms with Gasteiger partial charge in [-0.25, -0.2) is 0 Å². The molecule has 1 aliphatic carbocycles. The molecule has 108 valence electrons. The second kappa shape index (κ2) is 5.86. The lowest BCUT2D eigenvalue weighted by Gasteiger charge is -2.14. The number of benzene rings is 1. The number of hydrogen-bond donors (Lipinski definition) is 1. The molecule has 3 unspecified atom stereocenters. The Balaban J connectivity index is 1.62.